The van der Waals surface area contributed by atoms with Crippen LogP contribution in [0.4, 0.5) is 5.69 Å². The third-order valence-corrected chi connectivity index (χ3v) is 10.8. The lowest BCUT2D eigenvalue weighted by molar-refractivity contribution is -0.140. The molecule has 246 valence electrons. The molecule has 47 heavy (non-hydrogen) atoms. The van der Waals surface area contributed by atoms with Gasteiger partial charge in [0, 0.05) is 29.1 Å². The summed E-state index contributed by atoms with van der Waals surface area (Å²) in [5.41, 5.74) is 2.81. The lowest BCUT2D eigenvalue weighted by Crippen LogP contribution is -2.55. The number of benzene rings is 4. The molecule has 1 N–H and O–H groups in total. The highest BCUT2D eigenvalue weighted by molar-refractivity contribution is 7.92. The minimum absolute atomic E-state index is 0.00339. The number of nitrogens with zero attached hydrogens (tertiary/aromatic N) is 2. The molecule has 2 amide bonds. The third-order valence-electron chi connectivity index (χ3n) is 8.46. The molecule has 0 spiro atoms. The molecule has 0 aliphatic heterocycles. The largest absolute Gasteiger partial charge is 0.352 e. The Morgan fingerprint density at radius 3 is 2.09 bits per heavy atom. The Labute approximate surface area is 287 Å². The molecule has 4 aromatic rings. The van der Waals surface area contributed by atoms with E-state index < -0.39 is 28.5 Å². The fourth-order valence-corrected chi connectivity index (χ4v) is 7.59. The van der Waals surface area contributed by atoms with Gasteiger partial charge in [-0.3, -0.25) is 13.9 Å². The van der Waals surface area contributed by atoms with Crippen LogP contribution in [-0.4, -0.2) is 43.8 Å². The molecular formula is C37H39Cl2N3O4S. The van der Waals surface area contributed by atoms with Gasteiger partial charge in [-0.2, -0.15) is 0 Å². The Morgan fingerprint density at radius 1 is 0.809 bits per heavy atom. The Morgan fingerprint density at radius 2 is 1.45 bits per heavy atom. The third kappa shape index (κ3) is 9.15. The molecule has 0 radical (unpaired) electrons. The first kappa shape index (κ1) is 34.5. The number of nitrogens with one attached hydrogen (secondary N) is 1. The predicted octanol–water partition coefficient (Wildman–Crippen LogP) is 7.59. The van der Waals surface area contributed by atoms with Crippen molar-refractivity contribution in [2.24, 2.45) is 0 Å². The zero-order chi connectivity index (χ0) is 33.4. The molecular weight excluding hydrogens is 653 g/mol. The van der Waals surface area contributed by atoms with Crippen LogP contribution in [0.1, 0.15) is 48.8 Å². The molecule has 5 rings (SSSR count). The standard InChI is InChI=1S/C37H39Cl2N3O4S/c1-27-9-8-14-33(23-27)42(47(45,46)34-21-19-31(39)20-22-34)26-36(43)41(25-29-15-17-30(38)18-16-29)35(24-28-10-4-2-5-11-28)37(44)40-32-12-6-3-7-13-32/h2,4-5,8-11,14-23,32,35H,3,6-7,12-13,24-26H2,1H3,(H,40,44)/t35-/m0/s1. The molecule has 0 aromatic heterocycles. The summed E-state index contributed by atoms with van der Waals surface area (Å²) in [7, 11) is -4.21. The highest BCUT2D eigenvalue weighted by Gasteiger charge is 2.35. The smallest absolute Gasteiger partial charge is 0.264 e. The number of rotatable bonds is 12. The number of amides is 2. The van der Waals surface area contributed by atoms with Gasteiger partial charge in [0.25, 0.3) is 10.0 Å². The normalized spacial score (nSPS) is 14.3. The average molecular weight is 693 g/mol. The van der Waals surface area contributed by atoms with Crippen LogP contribution in [0.2, 0.25) is 10.0 Å². The topological polar surface area (TPSA) is 86.8 Å². The summed E-state index contributed by atoms with van der Waals surface area (Å²) in [5, 5.41) is 4.16. The molecule has 0 saturated heterocycles. The van der Waals surface area contributed by atoms with Crippen molar-refractivity contribution in [2.75, 3.05) is 10.8 Å². The van der Waals surface area contributed by atoms with Gasteiger partial charge in [-0.15, -0.1) is 0 Å². The molecule has 1 aliphatic rings. The first-order valence-corrected chi connectivity index (χ1v) is 18.0. The van der Waals surface area contributed by atoms with E-state index in [0.29, 0.717) is 15.7 Å². The first-order chi connectivity index (χ1) is 22.6. The number of carbonyl (C=O) groups excluding carboxylic acids is 2. The van der Waals surface area contributed by atoms with Crippen LogP contribution in [0.25, 0.3) is 0 Å². The Bertz CT molecular complexity index is 1760. The van der Waals surface area contributed by atoms with Crippen LogP contribution in [0.15, 0.2) is 108 Å². The number of anilines is 1. The summed E-state index contributed by atoms with van der Waals surface area (Å²) in [5.74, 6) is -0.774. The lowest BCUT2D eigenvalue weighted by atomic mass is 9.94. The maximum atomic E-state index is 14.6. The van der Waals surface area contributed by atoms with E-state index >= 15 is 0 Å². The summed E-state index contributed by atoms with van der Waals surface area (Å²) in [6.07, 6.45) is 5.24. The summed E-state index contributed by atoms with van der Waals surface area (Å²) in [6.45, 7) is 1.41. The molecule has 1 fully saturated rings. The molecule has 1 saturated carbocycles. The Hall–Kier alpha value is -3.85. The minimum atomic E-state index is -4.21. The number of halogens is 2. The monoisotopic (exact) mass is 691 g/mol. The van der Waals surface area contributed by atoms with Crippen molar-refractivity contribution in [1.82, 2.24) is 10.2 Å². The second-order valence-electron chi connectivity index (χ2n) is 12.0. The van der Waals surface area contributed by atoms with E-state index in [2.05, 4.69) is 5.32 Å². The average Bonchev–Trinajstić information content (AvgIpc) is 3.07. The lowest BCUT2D eigenvalue weighted by Gasteiger charge is -2.35. The maximum absolute atomic E-state index is 14.6. The summed E-state index contributed by atoms with van der Waals surface area (Å²) in [6, 6.07) is 28.6. The van der Waals surface area contributed by atoms with Gasteiger partial charge >= 0.3 is 0 Å². The van der Waals surface area contributed by atoms with E-state index in [1.165, 1.54) is 29.2 Å². The van der Waals surface area contributed by atoms with Gasteiger partial charge in [-0.1, -0.05) is 97.1 Å². The summed E-state index contributed by atoms with van der Waals surface area (Å²) >= 11 is 12.3. The predicted molar refractivity (Wildman–Crippen MR) is 188 cm³/mol. The van der Waals surface area contributed by atoms with Gasteiger partial charge in [0.05, 0.1) is 10.6 Å². The summed E-state index contributed by atoms with van der Waals surface area (Å²) < 4.78 is 29.5. The second kappa shape index (κ2) is 15.8. The van der Waals surface area contributed by atoms with Gasteiger partial charge in [0.2, 0.25) is 11.8 Å². The van der Waals surface area contributed by atoms with Crippen LogP contribution >= 0.6 is 23.2 Å². The SMILES string of the molecule is Cc1cccc(N(CC(=O)N(Cc2ccc(Cl)cc2)[C@@H](Cc2ccccc2)C(=O)NC2CCCCC2)S(=O)(=O)c2ccc(Cl)cc2)c1. The minimum Gasteiger partial charge on any atom is -0.352 e. The molecule has 0 unspecified atom stereocenters. The van der Waals surface area contributed by atoms with Crippen molar-refractivity contribution in [1.29, 1.82) is 0 Å². The second-order valence-corrected chi connectivity index (χ2v) is 14.7. The number of sulfonamides is 1. The van der Waals surface area contributed by atoms with E-state index in [4.69, 9.17) is 23.2 Å². The van der Waals surface area contributed by atoms with Crippen LogP contribution in [0, 0.1) is 6.92 Å². The highest BCUT2D eigenvalue weighted by atomic mass is 35.5. The molecule has 1 aliphatic carbocycles. The van der Waals surface area contributed by atoms with Gasteiger partial charge in [-0.25, -0.2) is 8.42 Å². The van der Waals surface area contributed by atoms with Crippen molar-refractivity contribution in [3.05, 3.63) is 130 Å². The van der Waals surface area contributed by atoms with Crippen molar-refractivity contribution < 1.29 is 18.0 Å². The van der Waals surface area contributed by atoms with Crippen LogP contribution in [0.5, 0.6) is 0 Å². The Kier molecular flexibility index (Phi) is 11.6. The summed E-state index contributed by atoms with van der Waals surface area (Å²) in [4.78, 5) is 30.3. The van der Waals surface area contributed by atoms with Crippen LogP contribution in [-0.2, 0) is 32.6 Å². The van der Waals surface area contributed by atoms with Crippen molar-refractivity contribution >= 4 is 50.7 Å². The Balaban J connectivity index is 1.56. The van der Waals surface area contributed by atoms with E-state index in [1.54, 1.807) is 30.3 Å². The van der Waals surface area contributed by atoms with Gasteiger partial charge in [-0.05, 0) is 85.0 Å². The number of hydrogen-bond acceptors (Lipinski definition) is 4. The maximum Gasteiger partial charge on any atom is 0.264 e. The van der Waals surface area contributed by atoms with Gasteiger partial charge < -0.3 is 10.2 Å². The zero-order valence-corrected chi connectivity index (χ0v) is 28.6. The van der Waals surface area contributed by atoms with Crippen molar-refractivity contribution in [2.45, 2.75) is 69.0 Å². The highest BCUT2D eigenvalue weighted by Crippen LogP contribution is 2.27. The van der Waals surface area contributed by atoms with Crippen LogP contribution < -0.4 is 9.62 Å². The van der Waals surface area contributed by atoms with Crippen molar-refractivity contribution in [3.8, 4) is 0 Å². The van der Waals surface area contributed by atoms with E-state index in [-0.39, 0.29) is 29.8 Å². The van der Waals surface area contributed by atoms with Crippen LogP contribution in [0.3, 0.4) is 0 Å². The molecule has 10 heteroatoms. The molecule has 4 aromatic carbocycles. The van der Waals surface area contributed by atoms with Gasteiger partial charge in [0.15, 0.2) is 0 Å². The zero-order valence-electron chi connectivity index (χ0n) is 26.3. The fraction of sp³-hybridized carbons (Fsp3) is 0.297. The van der Waals surface area contributed by atoms with E-state index in [0.717, 1.165) is 53.1 Å². The van der Waals surface area contributed by atoms with E-state index in [9.17, 15) is 18.0 Å². The fourth-order valence-electron chi connectivity index (χ4n) is 5.93. The quantitative estimate of drug-likeness (QED) is 0.166. The van der Waals surface area contributed by atoms with Crippen molar-refractivity contribution in [3.63, 3.8) is 0 Å². The molecule has 7 nitrogen and oxygen atoms in total. The number of carbonyl (C=O) groups is 2. The molecule has 0 heterocycles. The molecule has 0 bridgehead atoms. The van der Waals surface area contributed by atoms with Gasteiger partial charge in [0.1, 0.15) is 12.6 Å². The molecule has 1 atom stereocenters. The van der Waals surface area contributed by atoms with E-state index in [1.807, 2.05) is 55.5 Å². The first-order valence-electron chi connectivity index (χ1n) is 15.8. The number of hydrogen-bond donors (Lipinski definition) is 1. The number of aryl methyl sites for hydroxylation is 1.